The zero-order valence-corrected chi connectivity index (χ0v) is 13.3. The molecule has 7 heteroatoms. The smallest absolute Gasteiger partial charge is 0.319 e. The molecule has 1 saturated carbocycles. The Bertz CT molecular complexity index is 652. The topological polar surface area (TPSA) is 76.1 Å². The van der Waals surface area contributed by atoms with Crippen molar-refractivity contribution in [2.45, 2.75) is 25.8 Å². The van der Waals surface area contributed by atoms with Crippen LogP contribution >= 0.6 is 11.3 Å². The molecule has 116 valence electrons. The van der Waals surface area contributed by atoms with Gasteiger partial charge in [-0.25, -0.2) is 14.8 Å². The fourth-order valence-electron chi connectivity index (χ4n) is 2.21. The summed E-state index contributed by atoms with van der Waals surface area (Å²) in [5.74, 6) is 1.00. The number of nitrogens with zero attached hydrogens (tertiary/aromatic N) is 2. The van der Waals surface area contributed by atoms with Crippen LogP contribution in [-0.4, -0.2) is 23.1 Å². The lowest BCUT2D eigenvalue weighted by Crippen LogP contribution is -2.33. The third kappa shape index (κ3) is 3.54. The van der Waals surface area contributed by atoms with Gasteiger partial charge in [-0.2, -0.15) is 0 Å². The number of thiazole rings is 1. The number of pyridine rings is 1. The van der Waals surface area contributed by atoms with E-state index >= 15 is 0 Å². The molecule has 1 aliphatic rings. The zero-order chi connectivity index (χ0) is 15.5. The second-order valence-electron chi connectivity index (χ2n) is 5.33. The normalized spacial score (nSPS) is 15.2. The number of rotatable bonds is 5. The van der Waals surface area contributed by atoms with E-state index in [2.05, 4.69) is 20.6 Å². The molecule has 1 aliphatic carbocycles. The number of nitrogens with one attached hydrogen (secondary N) is 2. The summed E-state index contributed by atoms with van der Waals surface area (Å²) in [6.07, 6.45) is 3.83. The van der Waals surface area contributed by atoms with E-state index in [-0.39, 0.29) is 12.1 Å². The van der Waals surface area contributed by atoms with Gasteiger partial charge in [-0.1, -0.05) is 0 Å². The molecule has 2 aromatic heterocycles. The maximum atomic E-state index is 12.2. The van der Waals surface area contributed by atoms with Crippen molar-refractivity contribution >= 4 is 23.1 Å². The van der Waals surface area contributed by atoms with Gasteiger partial charge < -0.3 is 15.4 Å². The SMILES string of the molecule is COc1ccc(NC(=O)N[C@H](c2nc(C)cs2)C2CC2)cn1. The molecule has 0 unspecified atom stereocenters. The van der Waals surface area contributed by atoms with Gasteiger partial charge in [0.15, 0.2) is 0 Å². The van der Waals surface area contributed by atoms with Gasteiger partial charge in [0, 0.05) is 17.1 Å². The van der Waals surface area contributed by atoms with Crippen LogP contribution in [0.25, 0.3) is 0 Å². The number of hydrogen-bond acceptors (Lipinski definition) is 5. The van der Waals surface area contributed by atoms with Crippen molar-refractivity contribution < 1.29 is 9.53 Å². The van der Waals surface area contributed by atoms with Crippen molar-refractivity contribution in [3.63, 3.8) is 0 Å². The molecule has 0 aliphatic heterocycles. The first-order chi connectivity index (χ1) is 10.7. The monoisotopic (exact) mass is 318 g/mol. The average molecular weight is 318 g/mol. The van der Waals surface area contributed by atoms with Gasteiger partial charge in [-0.3, -0.25) is 0 Å². The minimum atomic E-state index is -0.239. The summed E-state index contributed by atoms with van der Waals surface area (Å²) < 4.78 is 4.99. The van der Waals surface area contributed by atoms with Gasteiger partial charge in [0.1, 0.15) is 5.01 Å². The maximum absolute atomic E-state index is 12.2. The molecular formula is C15H18N4O2S. The Morgan fingerprint density at radius 1 is 1.45 bits per heavy atom. The predicted molar refractivity (Wildman–Crippen MR) is 85.3 cm³/mol. The number of urea groups is 1. The van der Waals surface area contributed by atoms with Crippen LogP contribution in [0.5, 0.6) is 5.88 Å². The van der Waals surface area contributed by atoms with Crippen LogP contribution in [0.15, 0.2) is 23.7 Å². The van der Waals surface area contributed by atoms with Gasteiger partial charge in [0.25, 0.3) is 0 Å². The third-order valence-corrected chi connectivity index (χ3v) is 4.53. The van der Waals surface area contributed by atoms with Crippen LogP contribution in [0.4, 0.5) is 10.5 Å². The number of aryl methyl sites for hydroxylation is 1. The summed E-state index contributed by atoms with van der Waals surface area (Å²) in [4.78, 5) is 20.8. The number of anilines is 1. The van der Waals surface area contributed by atoms with E-state index in [0.29, 0.717) is 17.5 Å². The summed E-state index contributed by atoms with van der Waals surface area (Å²) in [6, 6.07) is 3.21. The highest BCUT2D eigenvalue weighted by Gasteiger charge is 2.35. The molecule has 0 aromatic carbocycles. The fraction of sp³-hybridized carbons (Fsp3) is 0.400. The molecule has 3 rings (SSSR count). The van der Waals surface area contributed by atoms with Gasteiger partial charge in [0.2, 0.25) is 5.88 Å². The van der Waals surface area contributed by atoms with E-state index in [1.54, 1.807) is 36.8 Å². The highest BCUT2D eigenvalue weighted by molar-refractivity contribution is 7.09. The van der Waals surface area contributed by atoms with Crippen molar-refractivity contribution in [2.75, 3.05) is 12.4 Å². The van der Waals surface area contributed by atoms with Gasteiger partial charge >= 0.3 is 6.03 Å². The maximum Gasteiger partial charge on any atom is 0.319 e. The van der Waals surface area contributed by atoms with Crippen LogP contribution in [0, 0.1) is 12.8 Å². The molecule has 1 fully saturated rings. The van der Waals surface area contributed by atoms with Crippen LogP contribution in [-0.2, 0) is 0 Å². The number of hydrogen-bond donors (Lipinski definition) is 2. The molecule has 0 bridgehead atoms. The highest BCUT2D eigenvalue weighted by atomic mass is 32.1. The molecular weight excluding hydrogens is 300 g/mol. The first-order valence-corrected chi connectivity index (χ1v) is 8.03. The molecule has 6 nitrogen and oxygen atoms in total. The summed E-state index contributed by atoms with van der Waals surface area (Å²) in [5.41, 5.74) is 1.62. The van der Waals surface area contributed by atoms with E-state index in [1.165, 1.54) is 0 Å². The summed E-state index contributed by atoms with van der Waals surface area (Å²) in [5, 5.41) is 8.80. The first kappa shape index (κ1) is 14.8. The highest BCUT2D eigenvalue weighted by Crippen LogP contribution is 2.41. The Labute approximate surface area is 132 Å². The predicted octanol–water partition coefficient (Wildman–Crippen LogP) is 3.13. The Hall–Kier alpha value is -2.15. The van der Waals surface area contributed by atoms with E-state index < -0.39 is 0 Å². The molecule has 2 N–H and O–H groups in total. The summed E-state index contributed by atoms with van der Waals surface area (Å²) in [7, 11) is 1.55. The second-order valence-corrected chi connectivity index (χ2v) is 6.22. The molecule has 0 radical (unpaired) electrons. The van der Waals surface area contributed by atoms with Crippen molar-refractivity contribution in [3.05, 3.63) is 34.4 Å². The average Bonchev–Trinajstić information content (AvgIpc) is 3.27. The van der Waals surface area contributed by atoms with E-state index in [0.717, 1.165) is 23.5 Å². The van der Waals surface area contributed by atoms with Crippen LogP contribution in [0.1, 0.15) is 29.6 Å². The Kier molecular flexibility index (Phi) is 4.24. The van der Waals surface area contributed by atoms with E-state index in [1.807, 2.05) is 12.3 Å². The Balaban J connectivity index is 1.63. The number of carbonyl (C=O) groups is 1. The molecule has 0 saturated heterocycles. The second kappa shape index (κ2) is 6.31. The fourth-order valence-corrected chi connectivity index (χ4v) is 3.15. The van der Waals surface area contributed by atoms with E-state index in [4.69, 9.17) is 4.74 Å². The zero-order valence-electron chi connectivity index (χ0n) is 12.5. The molecule has 22 heavy (non-hydrogen) atoms. The number of aromatic nitrogens is 2. The summed E-state index contributed by atoms with van der Waals surface area (Å²) in [6.45, 7) is 1.97. The third-order valence-electron chi connectivity index (χ3n) is 3.49. The summed E-state index contributed by atoms with van der Waals surface area (Å²) >= 11 is 1.60. The number of amides is 2. The van der Waals surface area contributed by atoms with Crippen LogP contribution in [0.2, 0.25) is 0 Å². The van der Waals surface area contributed by atoms with Crippen molar-refractivity contribution in [2.24, 2.45) is 5.92 Å². The van der Waals surface area contributed by atoms with Gasteiger partial charge in [0.05, 0.1) is 25.0 Å². The molecule has 2 amide bonds. The minimum Gasteiger partial charge on any atom is -0.481 e. The van der Waals surface area contributed by atoms with Crippen LogP contribution in [0.3, 0.4) is 0 Å². The lowest BCUT2D eigenvalue weighted by atomic mass is 10.2. The van der Waals surface area contributed by atoms with Gasteiger partial charge in [-0.15, -0.1) is 11.3 Å². The number of methoxy groups -OCH3 is 1. The lowest BCUT2D eigenvalue weighted by Gasteiger charge is -2.16. The molecule has 1 atom stereocenters. The quantitative estimate of drug-likeness (QED) is 0.888. The first-order valence-electron chi connectivity index (χ1n) is 7.15. The van der Waals surface area contributed by atoms with Crippen molar-refractivity contribution in [1.29, 1.82) is 0 Å². The van der Waals surface area contributed by atoms with Crippen molar-refractivity contribution in [3.8, 4) is 5.88 Å². The van der Waals surface area contributed by atoms with Crippen LogP contribution < -0.4 is 15.4 Å². The molecule has 2 heterocycles. The minimum absolute atomic E-state index is 0.00934. The lowest BCUT2D eigenvalue weighted by molar-refractivity contribution is 0.247. The largest absolute Gasteiger partial charge is 0.481 e. The number of ether oxygens (including phenoxy) is 1. The molecule has 0 spiro atoms. The van der Waals surface area contributed by atoms with E-state index in [9.17, 15) is 4.79 Å². The Morgan fingerprint density at radius 3 is 2.82 bits per heavy atom. The number of carbonyl (C=O) groups excluding carboxylic acids is 1. The van der Waals surface area contributed by atoms with Crippen molar-refractivity contribution in [1.82, 2.24) is 15.3 Å². The standard InChI is InChI=1S/C15H18N4O2S/c1-9-8-22-14(17-9)13(10-3-4-10)19-15(20)18-11-5-6-12(21-2)16-7-11/h5-8,10,13H,3-4H2,1-2H3,(H2,18,19,20)/t13-/m0/s1. The molecule has 2 aromatic rings. The Morgan fingerprint density at radius 2 is 2.27 bits per heavy atom. The van der Waals surface area contributed by atoms with Gasteiger partial charge in [-0.05, 0) is 31.7 Å².